The van der Waals surface area contributed by atoms with Crippen molar-refractivity contribution < 1.29 is 4.74 Å². The van der Waals surface area contributed by atoms with Crippen LogP contribution in [-0.2, 0) is 0 Å². The molecule has 0 N–H and O–H groups in total. The fourth-order valence-electron chi connectivity index (χ4n) is 2.39. The van der Waals surface area contributed by atoms with Crippen molar-refractivity contribution in [3.05, 3.63) is 60.8 Å². The first kappa shape index (κ1) is 17.3. The van der Waals surface area contributed by atoms with Gasteiger partial charge in [-0.2, -0.15) is 14.6 Å². The van der Waals surface area contributed by atoms with Crippen LogP contribution in [0.5, 0.6) is 5.75 Å². The molecule has 0 amide bonds. The van der Waals surface area contributed by atoms with E-state index in [0.717, 1.165) is 41.9 Å². The summed E-state index contributed by atoms with van der Waals surface area (Å²) in [5, 5.41) is 4.02. The number of nitrogens with zero attached hydrogens (tertiary/aromatic N) is 3. The van der Waals surface area contributed by atoms with E-state index in [1.54, 1.807) is 13.0 Å². The summed E-state index contributed by atoms with van der Waals surface area (Å²) in [6.07, 6.45) is 5.02. The van der Waals surface area contributed by atoms with Crippen molar-refractivity contribution in [1.29, 1.82) is 0 Å². The molecule has 2 heterocycles. The van der Waals surface area contributed by atoms with Gasteiger partial charge < -0.3 is 4.74 Å². The summed E-state index contributed by atoms with van der Waals surface area (Å²) in [5.41, 5.74) is 0.338. The lowest BCUT2D eigenvalue weighted by Crippen LogP contribution is -2.27. The van der Waals surface area contributed by atoms with Gasteiger partial charge in [0.25, 0.3) is 11.1 Å². The van der Waals surface area contributed by atoms with Crippen LogP contribution >= 0.6 is 11.3 Å². The van der Waals surface area contributed by atoms with Crippen LogP contribution in [0.4, 0.5) is 0 Å². The molecule has 0 unspecified atom stereocenters. The quantitative estimate of drug-likeness (QED) is 0.630. The molecular formula is C18H19N3O3S. The van der Waals surface area contributed by atoms with Crippen molar-refractivity contribution in [1.82, 2.24) is 14.6 Å². The molecule has 0 fully saturated rings. The second kappa shape index (κ2) is 7.57. The molecule has 0 atom stereocenters. The molecule has 2 aromatic heterocycles. The standard InChI is InChI=1S/C18H19N3O3S/c1-3-4-7-10-24-14-9-6-5-8-13(14)11-15-17(23)21-18(25-15)19-16(22)12(2)20-21/h5-6,8-9,11H,3-4,7,10H2,1-2H3/b15-11-. The van der Waals surface area contributed by atoms with Crippen molar-refractivity contribution in [3.63, 3.8) is 0 Å². The smallest absolute Gasteiger partial charge is 0.295 e. The molecule has 130 valence electrons. The summed E-state index contributed by atoms with van der Waals surface area (Å²) >= 11 is 1.15. The molecule has 0 aliphatic rings. The molecule has 25 heavy (non-hydrogen) atoms. The van der Waals surface area contributed by atoms with Crippen molar-refractivity contribution in [2.24, 2.45) is 0 Å². The molecule has 3 aromatic rings. The Balaban J connectivity index is 2.01. The van der Waals surface area contributed by atoms with Gasteiger partial charge >= 0.3 is 0 Å². The van der Waals surface area contributed by atoms with Gasteiger partial charge in [-0.05, 0) is 25.5 Å². The maximum atomic E-state index is 12.5. The summed E-state index contributed by atoms with van der Waals surface area (Å²) in [7, 11) is 0. The molecule has 7 heteroatoms. The minimum Gasteiger partial charge on any atom is -0.493 e. The molecule has 0 aliphatic heterocycles. The number of ether oxygens (including phenoxy) is 1. The first-order valence-electron chi connectivity index (χ1n) is 8.24. The van der Waals surface area contributed by atoms with E-state index >= 15 is 0 Å². The predicted molar refractivity (Wildman–Crippen MR) is 98.4 cm³/mol. The second-order valence-electron chi connectivity index (χ2n) is 5.71. The number of hydrogen-bond acceptors (Lipinski definition) is 6. The van der Waals surface area contributed by atoms with Gasteiger partial charge in [-0.25, -0.2) is 0 Å². The highest BCUT2D eigenvalue weighted by molar-refractivity contribution is 7.15. The maximum Gasteiger partial charge on any atom is 0.295 e. The van der Waals surface area contributed by atoms with E-state index < -0.39 is 5.56 Å². The van der Waals surface area contributed by atoms with Gasteiger partial charge in [0.2, 0.25) is 4.96 Å². The zero-order valence-electron chi connectivity index (χ0n) is 14.2. The van der Waals surface area contributed by atoms with Crippen LogP contribution in [-0.4, -0.2) is 21.2 Å². The Morgan fingerprint density at radius 2 is 2.04 bits per heavy atom. The summed E-state index contributed by atoms with van der Waals surface area (Å²) in [6.45, 7) is 4.33. The van der Waals surface area contributed by atoms with Crippen molar-refractivity contribution >= 4 is 22.4 Å². The van der Waals surface area contributed by atoms with Crippen LogP contribution in [0.15, 0.2) is 33.9 Å². The lowest BCUT2D eigenvalue weighted by Gasteiger charge is -2.08. The van der Waals surface area contributed by atoms with E-state index in [0.29, 0.717) is 16.1 Å². The Morgan fingerprint density at radius 3 is 2.84 bits per heavy atom. The van der Waals surface area contributed by atoms with Gasteiger partial charge in [-0.3, -0.25) is 9.59 Å². The van der Waals surface area contributed by atoms with Crippen molar-refractivity contribution in [3.8, 4) is 5.75 Å². The van der Waals surface area contributed by atoms with E-state index in [9.17, 15) is 9.59 Å². The number of unbranched alkanes of at least 4 members (excludes halogenated alkanes) is 2. The second-order valence-corrected chi connectivity index (χ2v) is 6.72. The highest BCUT2D eigenvalue weighted by atomic mass is 32.1. The number of rotatable bonds is 6. The minimum atomic E-state index is -0.410. The lowest BCUT2D eigenvalue weighted by atomic mass is 10.2. The van der Waals surface area contributed by atoms with E-state index in [-0.39, 0.29) is 11.3 Å². The molecule has 6 nitrogen and oxygen atoms in total. The zero-order chi connectivity index (χ0) is 17.8. The van der Waals surface area contributed by atoms with Gasteiger partial charge in [0, 0.05) is 5.56 Å². The molecule has 0 saturated heterocycles. The molecule has 3 rings (SSSR count). The number of thiazole rings is 1. The predicted octanol–water partition coefficient (Wildman–Crippen LogP) is 1.94. The summed E-state index contributed by atoms with van der Waals surface area (Å²) in [6, 6.07) is 7.58. The van der Waals surface area contributed by atoms with E-state index in [2.05, 4.69) is 17.0 Å². The largest absolute Gasteiger partial charge is 0.493 e. The minimum absolute atomic E-state index is 0.207. The third-order valence-electron chi connectivity index (χ3n) is 3.75. The Bertz CT molecular complexity index is 1060. The first-order valence-corrected chi connectivity index (χ1v) is 9.06. The number of aryl methyl sites for hydroxylation is 1. The van der Waals surface area contributed by atoms with E-state index in [4.69, 9.17) is 4.74 Å². The highest BCUT2D eigenvalue weighted by Crippen LogP contribution is 2.19. The van der Waals surface area contributed by atoms with Crippen LogP contribution in [0.25, 0.3) is 11.0 Å². The number of aromatic nitrogens is 3. The highest BCUT2D eigenvalue weighted by Gasteiger charge is 2.09. The van der Waals surface area contributed by atoms with Crippen LogP contribution in [0.1, 0.15) is 37.4 Å². The molecule has 0 bridgehead atoms. The van der Waals surface area contributed by atoms with Crippen molar-refractivity contribution in [2.45, 2.75) is 33.1 Å². The van der Waals surface area contributed by atoms with Gasteiger partial charge in [-0.15, -0.1) is 0 Å². The van der Waals surface area contributed by atoms with Gasteiger partial charge in [0.1, 0.15) is 11.4 Å². The average Bonchev–Trinajstić information content (AvgIpc) is 2.89. The van der Waals surface area contributed by atoms with Crippen LogP contribution < -0.4 is 20.4 Å². The molecule has 1 aromatic carbocycles. The Kier molecular flexibility index (Phi) is 5.23. The topological polar surface area (TPSA) is 73.6 Å². The number of benzene rings is 1. The third kappa shape index (κ3) is 3.76. The van der Waals surface area contributed by atoms with E-state index in [1.165, 1.54) is 4.52 Å². The average molecular weight is 357 g/mol. The Labute approximate surface area is 148 Å². The molecule has 0 saturated carbocycles. The molecule has 0 radical (unpaired) electrons. The van der Waals surface area contributed by atoms with Crippen LogP contribution in [0.2, 0.25) is 0 Å². The normalized spacial score (nSPS) is 12.0. The number of para-hydroxylation sites is 1. The maximum absolute atomic E-state index is 12.5. The monoisotopic (exact) mass is 357 g/mol. The molecular weight excluding hydrogens is 338 g/mol. The fourth-order valence-corrected chi connectivity index (χ4v) is 3.29. The number of fused-ring (bicyclic) bond motifs is 1. The zero-order valence-corrected chi connectivity index (χ0v) is 15.0. The van der Waals surface area contributed by atoms with Crippen LogP contribution in [0.3, 0.4) is 0 Å². The molecule has 0 spiro atoms. The van der Waals surface area contributed by atoms with Gasteiger partial charge in [0.05, 0.1) is 11.1 Å². The summed E-state index contributed by atoms with van der Waals surface area (Å²) in [5.74, 6) is 0.738. The third-order valence-corrected chi connectivity index (χ3v) is 4.71. The Morgan fingerprint density at radius 1 is 1.24 bits per heavy atom. The van der Waals surface area contributed by atoms with Gasteiger partial charge in [0.15, 0.2) is 0 Å². The van der Waals surface area contributed by atoms with Gasteiger partial charge in [-0.1, -0.05) is 49.3 Å². The molecule has 0 aliphatic carbocycles. The summed E-state index contributed by atoms with van der Waals surface area (Å²) in [4.78, 5) is 28.3. The van der Waals surface area contributed by atoms with E-state index in [1.807, 2.05) is 24.3 Å². The Hall–Kier alpha value is -2.54. The number of hydrogen-bond donors (Lipinski definition) is 0. The fraction of sp³-hybridized carbons (Fsp3) is 0.333. The lowest BCUT2D eigenvalue weighted by molar-refractivity contribution is 0.305. The summed E-state index contributed by atoms with van der Waals surface area (Å²) < 4.78 is 7.49. The van der Waals surface area contributed by atoms with Crippen molar-refractivity contribution in [2.75, 3.05) is 6.61 Å². The first-order chi connectivity index (χ1) is 12.1. The van der Waals surface area contributed by atoms with Crippen LogP contribution in [0, 0.1) is 6.92 Å². The SMILES string of the molecule is CCCCCOc1ccccc1/C=c1\sc2nc(=O)c(C)nn2c1=O.